The first-order chi connectivity index (χ1) is 16.6. The quantitative estimate of drug-likeness (QED) is 0.348. The summed E-state index contributed by atoms with van der Waals surface area (Å²) in [6.45, 7) is -0.308. The average molecular weight is 479 g/mol. The molecule has 2 heterocycles. The lowest BCUT2D eigenvalue weighted by molar-refractivity contribution is -0.145. The minimum atomic E-state index is -0.972. The number of carbonyl (C=O) groups is 1. The molecule has 1 fully saturated rings. The summed E-state index contributed by atoms with van der Waals surface area (Å²) >= 11 is 6.15. The van der Waals surface area contributed by atoms with E-state index in [-0.39, 0.29) is 18.8 Å². The van der Waals surface area contributed by atoms with Crippen molar-refractivity contribution >= 4 is 28.7 Å². The molecule has 0 radical (unpaired) electrons. The molecule has 0 aliphatic heterocycles. The van der Waals surface area contributed by atoms with Gasteiger partial charge in [-0.05, 0) is 37.0 Å². The summed E-state index contributed by atoms with van der Waals surface area (Å²) in [6.07, 6.45) is 4.24. The number of benzene rings is 2. The molecule has 5 rings (SSSR count). The van der Waals surface area contributed by atoms with Crippen molar-refractivity contribution in [3.05, 3.63) is 65.9 Å². The average Bonchev–Trinajstić information content (AvgIpc) is 3.25. The molecule has 0 bridgehead atoms. The topological polar surface area (TPSA) is 94.7 Å². The number of ether oxygens (including phenoxy) is 2. The molecule has 0 amide bonds. The number of carboxylic acids is 1. The van der Waals surface area contributed by atoms with Crippen LogP contribution < -0.4 is 4.74 Å². The lowest BCUT2D eigenvalue weighted by Gasteiger charge is -2.29. The van der Waals surface area contributed by atoms with Crippen molar-refractivity contribution in [2.24, 2.45) is 0 Å². The van der Waals surface area contributed by atoms with Gasteiger partial charge in [0.1, 0.15) is 30.2 Å². The third kappa shape index (κ3) is 4.76. The molecule has 0 spiro atoms. The third-order valence-corrected chi connectivity index (χ3v) is 6.17. The van der Waals surface area contributed by atoms with Crippen LogP contribution in [-0.2, 0) is 9.53 Å². The molecule has 1 N–H and O–H groups in total. The lowest BCUT2D eigenvalue weighted by Crippen LogP contribution is -2.31. The molecule has 2 aromatic carbocycles. The van der Waals surface area contributed by atoms with Crippen LogP contribution in [0.2, 0.25) is 5.02 Å². The van der Waals surface area contributed by atoms with E-state index in [0.717, 1.165) is 36.0 Å². The Kier molecular flexibility index (Phi) is 6.47. The molecule has 7 nitrogen and oxygen atoms in total. The molecular weight excluding hydrogens is 456 g/mol. The Bertz CT molecular complexity index is 1290. The number of rotatable bonds is 7. The van der Waals surface area contributed by atoms with Gasteiger partial charge in [-0.25, -0.2) is 14.8 Å². The molecule has 2 aromatic heterocycles. The summed E-state index contributed by atoms with van der Waals surface area (Å²) in [7, 11) is 0. The Morgan fingerprint density at radius 3 is 2.56 bits per heavy atom. The highest BCUT2D eigenvalue weighted by molar-refractivity contribution is 6.30. The fraction of sp³-hybridized carbons (Fsp3) is 0.269. The standard InChI is InChI=1S/C26H23ClN2O5/c27-18-11-9-16(10-12-18)22-23-25(33-20-8-4-7-19(13-20)32-14-21(30)31)28-15-29-26(23)34-24(22)17-5-2-1-3-6-17/h1-3,5-6,9-12,15,19-20H,4,7-8,13-14H2,(H,30,31)/t19-,20+/m1/s1. The van der Waals surface area contributed by atoms with Gasteiger partial charge in [0.2, 0.25) is 11.6 Å². The van der Waals surface area contributed by atoms with E-state index in [1.54, 1.807) is 0 Å². The summed E-state index contributed by atoms with van der Waals surface area (Å²) in [4.78, 5) is 19.7. The van der Waals surface area contributed by atoms with Gasteiger partial charge in [-0.15, -0.1) is 0 Å². The summed E-state index contributed by atoms with van der Waals surface area (Å²) in [6, 6.07) is 17.4. The largest absolute Gasteiger partial charge is 0.480 e. The normalized spacial score (nSPS) is 18.1. The second kappa shape index (κ2) is 9.83. The number of carboxylic acid groups (broad SMARTS) is 1. The molecule has 34 heavy (non-hydrogen) atoms. The van der Waals surface area contributed by atoms with Gasteiger partial charge in [0, 0.05) is 22.6 Å². The number of aromatic nitrogens is 2. The molecule has 1 saturated carbocycles. The number of aliphatic carboxylic acids is 1. The molecule has 174 valence electrons. The Morgan fingerprint density at radius 1 is 1.03 bits per heavy atom. The number of hydrogen-bond donors (Lipinski definition) is 1. The Morgan fingerprint density at radius 2 is 1.79 bits per heavy atom. The second-order valence-corrected chi connectivity index (χ2v) is 8.71. The van der Waals surface area contributed by atoms with Crippen molar-refractivity contribution in [3.8, 4) is 28.3 Å². The van der Waals surface area contributed by atoms with E-state index < -0.39 is 5.97 Å². The molecular formula is C26H23ClN2O5. The number of halogens is 1. The van der Waals surface area contributed by atoms with E-state index >= 15 is 0 Å². The minimum Gasteiger partial charge on any atom is -0.480 e. The van der Waals surface area contributed by atoms with Crippen LogP contribution in [0.1, 0.15) is 25.7 Å². The SMILES string of the molecule is O=C(O)CO[C@@H]1CCC[C@H](Oc2ncnc3oc(-c4ccccc4)c(-c4ccc(Cl)cc4)c23)C1. The van der Waals surface area contributed by atoms with Gasteiger partial charge in [0.05, 0.1) is 6.10 Å². The van der Waals surface area contributed by atoms with E-state index in [1.165, 1.54) is 6.33 Å². The highest BCUT2D eigenvalue weighted by atomic mass is 35.5. The number of fused-ring (bicyclic) bond motifs is 1. The van der Waals surface area contributed by atoms with Gasteiger partial charge in [-0.2, -0.15) is 0 Å². The smallest absolute Gasteiger partial charge is 0.329 e. The Labute approximate surface area is 201 Å². The van der Waals surface area contributed by atoms with Gasteiger partial charge in [0.25, 0.3) is 0 Å². The molecule has 4 aromatic rings. The van der Waals surface area contributed by atoms with Crippen LogP contribution >= 0.6 is 11.6 Å². The second-order valence-electron chi connectivity index (χ2n) is 8.27. The zero-order chi connectivity index (χ0) is 23.5. The van der Waals surface area contributed by atoms with Crippen molar-refractivity contribution in [2.75, 3.05) is 6.61 Å². The minimum absolute atomic E-state index is 0.154. The van der Waals surface area contributed by atoms with E-state index in [1.807, 2.05) is 54.6 Å². The van der Waals surface area contributed by atoms with Crippen molar-refractivity contribution in [1.29, 1.82) is 0 Å². The highest BCUT2D eigenvalue weighted by Crippen LogP contribution is 2.44. The van der Waals surface area contributed by atoms with Crippen molar-refractivity contribution in [1.82, 2.24) is 9.97 Å². The third-order valence-electron chi connectivity index (χ3n) is 5.92. The summed E-state index contributed by atoms with van der Waals surface area (Å²) in [5.74, 6) is 0.138. The molecule has 0 saturated heterocycles. The van der Waals surface area contributed by atoms with Crippen LogP contribution in [0.25, 0.3) is 33.6 Å². The number of hydrogen-bond acceptors (Lipinski definition) is 6. The maximum Gasteiger partial charge on any atom is 0.329 e. The number of nitrogens with zero attached hydrogens (tertiary/aromatic N) is 2. The lowest BCUT2D eigenvalue weighted by atomic mass is 9.94. The van der Waals surface area contributed by atoms with E-state index in [4.69, 9.17) is 30.6 Å². The Balaban J connectivity index is 1.55. The zero-order valence-electron chi connectivity index (χ0n) is 18.3. The van der Waals surface area contributed by atoms with Crippen LogP contribution in [-0.4, -0.2) is 39.9 Å². The van der Waals surface area contributed by atoms with E-state index in [9.17, 15) is 4.79 Å². The van der Waals surface area contributed by atoms with Crippen LogP contribution in [0.4, 0.5) is 0 Å². The molecule has 8 heteroatoms. The van der Waals surface area contributed by atoms with Crippen molar-refractivity contribution in [3.63, 3.8) is 0 Å². The summed E-state index contributed by atoms with van der Waals surface area (Å²) < 4.78 is 18.1. The zero-order valence-corrected chi connectivity index (χ0v) is 19.1. The first kappa shape index (κ1) is 22.4. The van der Waals surface area contributed by atoms with Crippen LogP contribution in [0.3, 0.4) is 0 Å². The summed E-state index contributed by atoms with van der Waals surface area (Å²) in [5.41, 5.74) is 3.09. The highest BCUT2D eigenvalue weighted by Gasteiger charge is 2.28. The first-order valence-electron chi connectivity index (χ1n) is 11.2. The van der Waals surface area contributed by atoms with Gasteiger partial charge in [-0.1, -0.05) is 54.1 Å². The predicted octanol–water partition coefficient (Wildman–Crippen LogP) is 6.00. The number of furan rings is 1. The Hall–Kier alpha value is -3.42. The van der Waals surface area contributed by atoms with E-state index in [2.05, 4.69) is 9.97 Å². The maximum atomic E-state index is 10.9. The van der Waals surface area contributed by atoms with E-state index in [0.29, 0.717) is 34.2 Å². The van der Waals surface area contributed by atoms with Gasteiger partial charge < -0.3 is 19.0 Å². The fourth-order valence-corrected chi connectivity index (χ4v) is 4.51. The van der Waals surface area contributed by atoms with Crippen molar-refractivity contribution in [2.45, 2.75) is 37.9 Å². The van der Waals surface area contributed by atoms with Crippen molar-refractivity contribution < 1.29 is 23.8 Å². The first-order valence-corrected chi connectivity index (χ1v) is 11.5. The van der Waals surface area contributed by atoms with Gasteiger partial charge in [0.15, 0.2) is 0 Å². The van der Waals surface area contributed by atoms with Gasteiger partial charge >= 0.3 is 5.97 Å². The molecule has 2 atom stereocenters. The van der Waals surface area contributed by atoms with Crippen LogP contribution in [0.5, 0.6) is 5.88 Å². The molecule has 1 aliphatic carbocycles. The fourth-order valence-electron chi connectivity index (χ4n) is 4.39. The van der Waals surface area contributed by atoms with Gasteiger partial charge in [-0.3, -0.25) is 0 Å². The van der Waals surface area contributed by atoms with Crippen LogP contribution in [0, 0.1) is 0 Å². The molecule has 0 unspecified atom stereocenters. The molecule has 1 aliphatic rings. The predicted molar refractivity (Wildman–Crippen MR) is 128 cm³/mol. The van der Waals surface area contributed by atoms with Crippen LogP contribution in [0.15, 0.2) is 65.3 Å². The monoisotopic (exact) mass is 478 g/mol. The summed E-state index contributed by atoms with van der Waals surface area (Å²) in [5, 5.41) is 10.3. The maximum absolute atomic E-state index is 10.9.